The molecule has 0 aliphatic carbocycles. The number of hydrogen-bond donors (Lipinski definition) is 2. The Morgan fingerprint density at radius 2 is 2.31 bits per heavy atom. The van der Waals surface area contributed by atoms with Gasteiger partial charge in [-0.05, 0) is 19.3 Å². The molecule has 74 valence electrons. The molecule has 0 aromatic rings. The van der Waals surface area contributed by atoms with Crippen molar-refractivity contribution in [2.24, 2.45) is 5.73 Å². The molecule has 0 heterocycles. The molecule has 0 fully saturated rings. The molecule has 0 aliphatic heterocycles. The largest absolute Gasteiger partial charge is 0.355 e. The minimum atomic E-state index is -0.368. The average Bonchev–Trinajstić information content (AvgIpc) is 2.16. The maximum Gasteiger partial charge on any atom is 0.236 e. The third-order valence-electron chi connectivity index (χ3n) is 1.82. The van der Waals surface area contributed by atoms with E-state index in [1.807, 2.05) is 6.92 Å². The smallest absolute Gasteiger partial charge is 0.236 e. The van der Waals surface area contributed by atoms with E-state index in [4.69, 9.17) is 12.2 Å². The maximum absolute atomic E-state index is 11.1. The molecule has 3 heteroatoms. The molecular formula is C10H18N2O. The number of amides is 1. The van der Waals surface area contributed by atoms with E-state index in [1.165, 1.54) is 0 Å². The molecule has 13 heavy (non-hydrogen) atoms. The fraction of sp³-hybridized carbons (Fsp3) is 0.700. The maximum atomic E-state index is 11.1. The summed E-state index contributed by atoms with van der Waals surface area (Å²) >= 11 is 0. The van der Waals surface area contributed by atoms with Crippen LogP contribution in [0.25, 0.3) is 0 Å². The molecule has 0 aromatic carbocycles. The number of rotatable bonds is 6. The van der Waals surface area contributed by atoms with Gasteiger partial charge in [-0.2, -0.15) is 0 Å². The molecule has 0 saturated carbocycles. The number of unbranched alkanes of at least 4 members (excludes halogenated alkanes) is 2. The van der Waals surface area contributed by atoms with Gasteiger partial charge in [0.05, 0.1) is 6.04 Å². The topological polar surface area (TPSA) is 55.1 Å². The summed E-state index contributed by atoms with van der Waals surface area (Å²) in [6, 6.07) is -0.368. The van der Waals surface area contributed by atoms with Crippen LogP contribution >= 0.6 is 0 Å². The van der Waals surface area contributed by atoms with Crippen molar-refractivity contribution in [3.63, 3.8) is 0 Å². The summed E-state index contributed by atoms with van der Waals surface area (Å²) in [5.74, 6) is 2.49. The summed E-state index contributed by atoms with van der Waals surface area (Å²) in [7, 11) is 0. The predicted molar refractivity (Wildman–Crippen MR) is 54.0 cm³/mol. The zero-order valence-electron chi connectivity index (χ0n) is 8.18. The first-order valence-electron chi connectivity index (χ1n) is 4.69. The summed E-state index contributed by atoms with van der Waals surface area (Å²) in [4.78, 5) is 11.1. The van der Waals surface area contributed by atoms with Gasteiger partial charge in [0.1, 0.15) is 0 Å². The van der Waals surface area contributed by atoms with Crippen LogP contribution in [0.4, 0.5) is 0 Å². The number of terminal acetylenes is 1. The highest BCUT2D eigenvalue weighted by Crippen LogP contribution is 1.92. The molecule has 0 saturated heterocycles. The number of hydrogen-bond acceptors (Lipinski definition) is 2. The van der Waals surface area contributed by atoms with Crippen LogP contribution in [0.3, 0.4) is 0 Å². The van der Waals surface area contributed by atoms with Crippen molar-refractivity contribution in [1.82, 2.24) is 5.32 Å². The van der Waals surface area contributed by atoms with Crippen LogP contribution in [0.2, 0.25) is 0 Å². The van der Waals surface area contributed by atoms with E-state index in [0.29, 0.717) is 13.0 Å². The van der Waals surface area contributed by atoms with Crippen molar-refractivity contribution in [2.45, 2.75) is 38.6 Å². The normalized spacial score (nSPS) is 11.8. The van der Waals surface area contributed by atoms with E-state index in [1.54, 1.807) is 0 Å². The SMILES string of the molecule is C#CCCCCNC(=O)[C@H](N)CC. The predicted octanol–water partition coefficient (Wildman–Crippen LogP) is 0.643. The van der Waals surface area contributed by atoms with E-state index in [2.05, 4.69) is 11.2 Å². The quantitative estimate of drug-likeness (QED) is 0.468. The van der Waals surface area contributed by atoms with Crippen molar-refractivity contribution in [2.75, 3.05) is 6.54 Å². The summed E-state index contributed by atoms with van der Waals surface area (Å²) in [5.41, 5.74) is 5.51. The Balaban J connectivity index is 3.33. The molecular weight excluding hydrogens is 164 g/mol. The Bertz CT molecular complexity index is 184. The number of carbonyl (C=O) groups excluding carboxylic acids is 1. The first kappa shape index (κ1) is 12.0. The molecule has 0 radical (unpaired) electrons. The summed E-state index contributed by atoms with van der Waals surface area (Å²) < 4.78 is 0. The van der Waals surface area contributed by atoms with Gasteiger partial charge in [0.2, 0.25) is 5.91 Å². The lowest BCUT2D eigenvalue weighted by molar-refractivity contribution is -0.122. The van der Waals surface area contributed by atoms with Gasteiger partial charge >= 0.3 is 0 Å². The standard InChI is InChI=1S/C10H18N2O/c1-3-5-6-7-8-12-10(13)9(11)4-2/h1,9H,4-8,11H2,2H3,(H,12,13)/t9-/m1/s1. The van der Waals surface area contributed by atoms with Crippen LogP contribution in [0.15, 0.2) is 0 Å². The molecule has 0 unspecified atom stereocenters. The van der Waals surface area contributed by atoms with Crippen molar-refractivity contribution < 1.29 is 4.79 Å². The van der Waals surface area contributed by atoms with Crippen LogP contribution in [0.5, 0.6) is 0 Å². The molecule has 3 nitrogen and oxygen atoms in total. The number of carbonyl (C=O) groups is 1. The summed E-state index contributed by atoms with van der Waals surface area (Å²) in [6.07, 6.45) is 8.41. The Kier molecular flexibility index (Phi) is 7.04. The highest BCUT2D eigenvalue weighted by Gasteiger charge is 2.08. The van der Waals surface area contributed by atoms with Crippen molar-refractivity contribution >= 4 is 5.91 Å². The fourth-order valence-corrected chi connectivity index (χ4v) is 0.880. The van der Waals surface area contributed by atoms with Crippen molar-refractivity contribution in [3.8, 4) is 12.3 Å². The van der Waals surface area contributed by atoms with E-state index in [0.717, 1.165) is 19.3 Å². The summed E-state index contributed by atoms with van der Waals surface area (Å²) in [5, 5.41) is 2.76. The Morgan fingerprint density at radius 3 is 2.85 bits per heavy atom. The van der Waals surface area contributed by atoms with E-state index in [-0.39, 0.29) is 11.9 Å². The molecule has 1 atom stereocenters. The molecule has 0 aromatic heterocycles. The lowest BCUT2D eigenvalue weighted by atomic mass is 10.2. The lowest BCUT2D eigenvalue weighted by Gasteiger charge is -2.08. The monoisotopic (exact) mass is 182 g/mol. The van der Waals surface area contributed by atoms with Gasteiger partial charge in [-0.25, -0.2) is 0 Å². The zero-order chi connectivity index (χ0) is 10.1. The molecule has 3 N–H and O–H groups in total. The van der Waals surface area contributed by atoms with Crippen LogP contribution < -0.4 is 11.1 Å². The van der Waals surface area contributed by atoms with Crippen LogP contribution in [0.1, 0.15) is 32.6 Å². The molecule has 0 spiro atoms. The third-order valence-corrected chi connectivity index (χ3v) is 1.82. The second kappa shape index (κ2) is 7.63. The number of nitrogens with one attached hydrogen (secondary N) is 1. The minimum absolute atomic E-state index is 0.0665. The summed E-state index contributed by atoms with van der Waals surface area (Å²) in [6.45, 7) is 2.57. The molecule has 0 rings (SSSR count). The van der Waals surface area contributed by atoms with Gasteiger partial charge in [0.15, 0.2) is 0 Å². The Labute approximate surface area is 80.1 Å². The third kappa shape index (κ3) is 6.18. The van der Waals surface area contributed by atoms with Crippen molar-refractivity contribution in [3.05, 3.63) is 0 Å². The van der Waals surface area contributed by atoms with Gasteiger partial charge < -0.3 is 11.1 Å². The first-order chi connectivity index (χ1) is 6.22. The van der Waals surface area contributed by atoms with E-state index in [9.17, 15) is 4.79 Å². The van der Waals surface area contributed by atoms with Gasteiger partial charge in [-0.3, -0.25) is 4.79 Å². The fourth-order valence-electron chi connectivity index (χ4n) is 0.880. The Hall–Kier alpha value is -1.01. The average molecular weight is 182 g/mol. The van der Waals surface area contributed by atoms with E-state index >= 15 is 0 Å². The zero-order valence-corrected chi connectivity index (χ0v) is 8.18. The molecule has 0 bridgehead atoms. The van der Waals surface area contributed by atoms with Gasteiger partial charge in [-0.15, -0.1) is 12.3 Å². The number of nitrogens with two attached hydrogens (primary N) is 1. The second-order valence-corrected chi connectivity index (χ2v) is 2.97. The van der Waals surface area contributed by atoms with Crippen molar-refractivity contribution in [1.29, 1.82) is 0 Å². The van der Waals surface area contributed by atoms with Gasteiger partial charge in [0, 0.05) is 13.0 Å². The Morgan fingerprint density at radius 1 is 1.62 bits per heavy atom. The lowest BCUT2D eigenvalue weighted by Crippen LogP contribution is -2.40. The van der Waals surface area contributed by atoms with Gasteiger partial charge in [0.25, 0.3) is 0 Å². The van der Waals surface area contributed by atoms with Gasteiger partial charge in [-0.1, -0.05) is 6.92 Å². The van der Waals surface area contributed by atoms with E-state index < -0.39 is 0 Å². The van der Waals surface area contributed by atoms with Crippen LogP contribution in [-0.2, 0) is 4.79 Å². The highest BCUT2D eigenvalue weighted by atomic mass is 16.2. The molecule has 1 amide bonds. The first-order valence-corrected chi connectivity index (χ1v) is 4.69. The van der Waals surface area contributed by atoms with Crippen LogP contribution in [0, 0.1) is 12.3 Å². The molecule has 0 aliphatic rings. The van der Waals surface area contributed by atoms with Crippen LogP contribution in [-0.4, -0.2) is 18.5 Å². The highest BCUT2D eigenvalue weighted by molar-refractivity contribution is 5.81. The second-order valence-electron chi connectivity index (χ2n) is 2.97. The minimum Gasteiger partial charge on any atom is -0.355 e.